The molecule has 0 spiro atoms. The van der Waals surface area contributed by atoms with Crippen LogP contribution in [0.15, 0.2) is 36.7 Å². The van der Waals surface area contributed by atoms with Crippen molar-refractivity contribution < 1.29 is 4.79 Å². The molecule has 0 aliphatic rings. The van der Waals surface area contributed by atoms with E-state index in [9.17, 15) is 4.79 Å². The van der Waals surface area contributed by atoms with Crippen molar-refractivity contribution in [1.29, 1.82) is 0 Å². The topological polar surface area (TPSA) is 83.6 Å². The normalized spacial score (nSPS) is 10.6. The van der Waals surface area contributed by atoms with Crippen LogP contribution in [0.3, 0.4) is 0 Å². The maximum absolute atomic E-state index is 12.1. The van der Waals surface area contributed by atoms with Crippen LogP contribution in [-0.4, -0.2) is 53.8 Å². The van der Waals surface area contributed by atoms with Crippen molar-refractivity contribution in [3.05, 3.63) is 42.2 Å². The molecule has 2 heterocycles. The summed E-state index contributed by atoms with van der Waals surface area (Å²) >= 11 is 0.697. The summed E-state index contributed by atoms with van der Waals surface area (Å²) in [6.07, 6.45) is 1.54. The Morgan fingerprint density at radius 3 is 2.79 bits per heavy atom. The molecule has 3 aromatic rings. The van der Waals surface area contributed by atoms with Crippen molar-refractivity contribution in [2.75, 3.05) is 5.32 Å². The number of hydrogen-bond acceptors (Lipinski definition) is 4. The van der Waals surface area contributed by atoms with Gasteiger partial charge in [-0.3, -0.25) is 0 Å². The van der Waals surface area contributed by atoms with Crippen molar-refractivity contribution in [2.45, 2.75) is 0 Å². The van der Waals surface area contributed by atoms with Gasteiger partial charge in [-0.25, -0.2) is 0 Å². The number of benzene rings is 1. The van der Waals surface area contributed by atoms with E-state index >= 15 is 0 Å². The number of carbonyl (C=O) groups is 1. The number of nitrogens with one attached hydrogen (secondary N) is 2. The van der Waals surface area contributed by atoms with E-state index in [1.165, 1.54) is 0 Å². The molecule has 0 atom stereocenters. The fourth-order valence-corrected chi connectivity index (χ4v) is 2.24. The first-order valence-corrected chi connectivity index (χ1v) is 6.78. The Balaban J connectivity index is 1.97. The number of fused-ring (bicyclic) bond motifs is 1. The minimum atomic E-state index is -0.198. The number of anilines is 1. The molecule has 3 rings (SSSR count). The van der Waals surface area contributed by atoms with E-state index in [4.69, 9.17) is 0 Å². The monoisotopic (exact) mass is 261 g/mol. The van der Waals surface area contributed by atoms with Gasteiger partial charge < -0.3 is 0 Å². The molecular weight excluding hydrogens is 253 g/mol. The third kappa shape index (κ3) is 2.51. The van der Waals surface area contributed by atoms with Gasteiger partial charge in [0.2, 0.25) is 0 Å². The summed E-state index contributed by atoms with van der Waals surface area (Å²) in [6, 6.07) is 9.01. The SMILES string of the molecule is O=C(Nc1n[c]([Na])nc2nc[nH]c12)c1ccccc1. The van der Waals surface area contributed by atoms with Gasteiger partial charge in [0.05, 0.1) is 0 Å². The number of carbonyl (C=O) groups excluding carboxylic acids is 1. The van der Waals surface area contributed by atoms with Crippen LogP contribution in [0.4, 0.5) is 5.82 Å². The zero-order chi connectivity index (χ0) is 13.2. The Morgan fingerprint density at radius 1 is 1.21 bits per heavy atom. The third-order valence-electron chi connectivity index (χ3n) is 2.67. The summed E-state index contributed by atoms with van der Waals surface area (Å²) in [5, 5.41) is 2.79. The molecule has 0 fully saturated rings. The van der Waals surface area contributed by atoms with Crippen LogP contribution < -0.4 is 8.39 Å². The molecule has 2 aromatic heterocycles. The number of imidazole rings is 1. The van der Waals surface area contributed by atoms with E-state index in [0.29, 0.717) is 53.5 Å². The standard InChI is InChI=1S/C12H8N5O.Na/c18-12(8-4-2-1-3-5-8)17-11-9-10(14-6-13-9)15-7-16-11;/h1-6H,(H2,13,14,15,16,17,18);. The summed E-state index contributed by atoms with van der Waals surface area (Å²) in [7, 11) is 0. The van der Waals surface area contributed by atoms with E-state index in [-0.39, 0.29) is 5.91 Å². The van der Waals surface area contributed by atoms with Crippen molar-refractivity contribution in [1.82, 2.24) is 19.9 Å². The number of H-pyrrole nitrogens is 1. The summed E-state index contributed by atoms with van der Waals surface area (Å²) in [5.41, 5.74) is 1.80. The molecule has 7 heteroatoms. The summed E-state index contributed by atoms with van der Waals surface area (Å²) in [6.45, 7) is 0. The van der Waals surface area contributed by atoms with Crippen LogP contribution in [0.25, 0.3) is 11.2 Å². The number of aromatic amines is 1. The van der Waals surface area contributed by atoms with Gasteiger partial charge in [0.25, 0.3) is 0 Å². The van der Waals surface area contributed by atoms with Gasteiger partial charge in [-0.05, 0) is 0 Å². The molecule has 1 aromatic carbocycles. The quantitative estimate of drug-likeness (QED) is 0.654. The molecule has 6 nitrogen and oxygen atoms in total. The first-order chi connectivity index (χ1) is 9.24. The van der Waals surface area contributed by atoms with E-state index in [0.717, 1.165) is 0 Å². The van der Waals surface area contributed by atoms with Crippen LogP contribution in [0, 0.1) is 0 Å². The van der Waals surface area contributed by atoms with E-state index in [1.54, 1.807) is 18.5 Å². The Kier molecular flexibility index (Phi) is 3.29. The second kappa shape index (κ2) is 5.08. The summed E-state index contributed by atoms with van der Waals surface area (Å²) in [4.78, 5) is 27.6. The van der Waals surface area contributed by atoms with Gasteiger partial charge in [-0.1, -0.05) is 0 Å². The summed E-state index contributed by atoms with van der Waals surface area (Å²) in [5.74, 6) is 0.276. The van der Waals surface area contributed by atoms with Crippen molar-refractivity contribution >= 4 is 53.9 Å². The van der Waals surface area contributed by atoms with E-state index in [2.05, 4.69) is 25.3 Å². The van der Waals surface area contributed by atoms with Crippen molar-refractivity contribution in [2.24, 2.45) is 0 Å². The molecule has 0 aliphatic heterocycles. The predicted octanol–water partition coefficient (Wildman–Crippen LogP) is 0.399. The second-order valence-electron chi connectivity index (χ2n) is 4.04. The van der Waals surface area contributed by atoms with Gasteiger partial charge in [0, 0.05) is 0 Å². The molecule has 0 bridgehead atoms. The van der Waals surface area contributed by atoms with E-state index < -0.39 is 0 Å². The molecule has 0 saturated heterocycles. The Hall–Kier alpha value is -1.76. The Morgan fingerprint density at radius 2 is 2.00 bits per heavy atom. The number of amides is 1. The first-order valence-electron chi connectivity index (χ1n) is 5.78. The molecule has 88 valence electrons. The number of rotatable bonds is 2. The van der Waals surface area contributed by atoms with Crippen LogP contribution in [-0.2, 0) is 0 Å². The van der Waals surface area contributed by atoms with Gasteiger partial charge in [-0.15, -0.1) is 0 Å². The predicted molar refractivity (Wildman–Crippen MR) is 71.5 cm³/mol. The van der Waals surface area contributed by atoms with Gasteiger partial charge >= 0.3 is 126 Å². The van der Waals surface area contributed by atoms with Crippen LogP contribution >= 0.6 is 0 Å². The van der Waals surface area contributed by atoms with Crippen LogP contribution in [0.2, 0.25) is 0 Å². The molecule has 19 heavy (non-hydrogen) atoms. The van der Waals surface area contributed by atoms with Gasteiger partial charge in [0.15, 0.2) is 0 Å². The molecule has 2 N–H and O–H groups in total. The van der Waals surface area contributed by atoms with Crippen LogP contribution in [0.1, 0.15) is 10.4 Å². The Labute approximate surface area is 126 Å². The average molecular weight is 261 g/mol. The zero-order valence-corrected chi connectivity index (χ0v) is 12.2. The second-order valence-corrected chi connectivity index (χ2v) is 4.94. The fourth-order valence-electron chi connectivity index (χ4n) is 1.80. The van der Waals surface area contributed by atoms with Gasteiger partial charge in [0.1, 0.15) is 0 Å². The van der Waals surface area contributed by atoms with Crippen molar-refractivity contribution in [3.63, 3.8) is 0 Å². The van der Waals surface area contributed by atoms with Crippen molar-refractivity contribution in [3.8, 4) is 0 Å². The molecule has 0 saturated carbocycles. The third-order valence-corrected chi connectivity index (χ3v) is 3.11. The molecular formula is C12H8N5NaO. The number of nitrogens with zero attached hydrogens (tertiary/aromatic N) is 3. The maximum atomic E-state index is 12.1. The Bertz CT molecular complexity index is 740. The zero-order valence-electron chi connectivity index (χ0n) is 10.2. The first kappa shape index (κ1) is 12.3. The summed E-state index contributed by atoms with van der Waals surface area (Å²) < 4.78 is 0.697. The van der Waals surface area contributed by atoms with E-state index in [1.807, 2.05) is 18.2 Å². The molecule has 1 amide bonds. The van der Waals surface area contributed by atoms with Gasteiger partial charge in [-0.2, -0.15) is 0 Å². The number of hydrogen-bond donors (Lipinski definition) is 2. The molecule has 0 radical (unpaired) electrons. The number of aromatic nitrogens is 4. The fraction of sp³-hybridized carbons (Fsp3) is 0. The molecule has 0 aliphatic carbocycles. The average Bonchev–Trinajstić information content (AvgIpc) is 2.88. The molecule has 0 unspecified atom stereocenters. The van der Waals surface area contributed by atoms with Crippen LogP contribution in [0.5, 0.6) is 0 Å². The minimum absolute atomic E-state index is 0.198.